The minimum atomic E-state index is -1.20. The van der Waals surface area contributed by atoms with Crippen LogP contribution in [0.2, 0.25) is 0 Å². The predicted octanol–water partition coefficient (Wildman–Crippen LogP) is -0.441. The van der Waals surface area contributed by atoms with Gasteiger partial charge in [-0.2, -0.15) is 10.2 Å². The number of amides is 2. The Morgan fingerprint density at radius 1 is 1.10 bits per heavy atom. The van der Waals surface area contributed by atoms with E-state index in [9.17, 15) is 9.59 Å². The average molecular weight is 288 g/mol. The van der Waals surface area contributed by atoms with Crippen molar-refractivity contribution in [3.8, 4) is 0 Å². The Bertz CT molecular complexity index is 378. The van der Waals surface area contributed by atoms with Crippen LogP contribution in [0.3, 0.4) is 0 Å². The second kappa shape index (κ2) is 7.30. The summed E-state index contributed by atoms with van der Waals surface area (Å²) >= 11 is 0. The fourth-order valence-corrected chi connectivity index (χ4v) is 1.09. The van der Waals surface area contributed by atoms with E-state index in [1.165, 1.54) is 20.8 Å². The topological polar surface area (TPSA) is 123 Å². The van der Waals surface area contributed by atoms with Gasteiger partial charge in [-0.1, -0.05) is 0 Å². The molecule has 8 heteroatoms. The van der Waals surface area contributed by atoms with Gasteiger partial charge < -0.3 is 20.8 Å². The molecule has 116 valence electrons. The maximum atomic E-state index is 11.8. The van der Waals surface area contributed by atoms with Gasteiger partial charge in [0, 0.05) is 6.54 Å². The Kier molecular flexibility index (Phi) is 6.74. The van der Waals surface area contributed by atoms with Crippen LogP contribution < -0.4 is 10.6 Å². The van der Waals surface area contributed by atoms with E-state index in [0.29, 0.717) is 0 Å². The number of azo groups is 1. The summed E-state index contributed by atoms with van der Waals surface area (Å²) in [6.45, 7) is 7.52. The molecule has 0 fully saturated rings. The van der Waals surface area contributed by atoms with Gasteiger partial charge in [0.05, 0.1) is 6.61 Å². The molecule has 0 radical (unpaired) electrons. The van der Waals surface area contributed by atoms with Crippen molar-refractivity contribution in [1.82, 2.24) is 10.6 Å². The van der Waals surface area contributed by atoms with Crippen LogP contribution in [0, 0.1) is 0 Å². The smallest absolute Gasteiger partial charge is 0.251 e. The number of carbonyl (C=O) groups is 2. The molecule has 2 amide bonds. The zero-order valence-electron chi connectivity index (χ0n) is 12.6. The molecule has 0 aromatic rings. The van der Waals surface area contributed by atoms with Crippen molar-refractivity contribution in [2.75, 3.05) is 13.2 Å². The number of aliphatic hydroxyl groups is 2. The van der Waals surface area contributed by atoms with E-state index in [1.54, 1.807) is 13.8 Å². The van der Waals surface area contributed by atoms with Crippen molar-refractivity contribution in [3.05, 3.63) is 0 Å². The second-order valence-corrected chi connectivity index (χ2v) is 5.45. The molecule has 4 N–H and O–H groups in total. The van der Waals surface area contributed by atoms with Crippen molar-refractivity contribution in [1.29, 1.82) is 0 Å². The number of nitrogens with zero attached hydrogens (tertiary/aromatic N) is 2. The molecule has 20 heavy (non-hydrogen) atoms. The van der Waals surface area contributed by atoms with Crippen LogP contribution >= 0.6 is 0 Å². The Morgan fingerprint density at radius 3 is 1.95 bits per heavy atom. The molecule has 0 heterocycles. The van der Waals surface area contributed by atoms with Crippen molar-refractivity contribution in [3.63, 3.8) is 0 Å². The van der Waals surface area contributed by atoms with Crippen LogP contribution in [0.1, 0.15) is 34.6 Å². The van der Waals surface area contributed by atoms with Gasteiger partial charge in [0.15, 0.2) is 11.1 Å². The first-order valence-corrected chi connectivity index (χ1v) is 6.35. The van der Waals surface area contributed by atoms with Gasteiger partial charge in [0.1, 0.15) is 6.23 Å². The predicted molar refractivity (Wildman–Crippen MR) is 72.9 cm³/mol. The van der Waals surface area contributed by atoms with Crippen LogP contribution in [0.5, 0.6) is 0 Å². The highest BCUT2D eigenvalue weighted by atomic mass is 16.3. The lowest BCUT2D eigenvalue weighted by Gasteiger charge is -2.22. The minimum absolute atomic E-state index is 0.129. The zero-order valence-corrected chi connectivity index (χ0v) is 12.6. The number of nitrogens with one attached hydrogen (secondary N) is 2. The lowest BCUT2D eigenvalue weighted by molar-refractivity contribution is -0.129. The lowest BCUT2D eigenvalue weighted by Crippen LogP contribution is -2.46. The van der Waals surface area contributed by atoms with Crippen LogP contribution in [0.4, 0.5) is 0 Å². The molecule has 0 aliphatic rings. The molecular formula is C12H24N4O4. The molecule has 1 atom stereocenters. The molecule has 0 rings (SSSR count). The van der Waals surface area contributed by atoms with Gasteiger partial charge in [0.25, 0.3) is 5.91 Å². The van der Waals surface area contributed by atoms with E-state index < -0.39 is 29.1 Å². The van der Waals surface area contributed by atoms with E-state index in [4.69, 9.17) is 10.2 Å². The maximum Gasteiger partial charge on any atom is 0.251 e. The third-order valence-electron chi connectivity index (χ3n) is 2.40. The highest BCUT2D eigenvalue weighted by Crippen LogP contribution is 2.16. The third kappa shape index (κ3) is 6.07. The van der Waals surface area contributed by atoms with Crippen molar-refractivity contribution >= 4 is 11.8 Å². The van der Waals surface area contributed by atoms with Gasteiger partial charge in [-0.3, -0.25) is 9.59 Å². The SMILES string of the molecule is CC(O)NC(=O)C(C)(C)N=NC(C)(C)C(=O)NCCO. The summed E-state index contributed by atoms with van der Waals surface area (Å²) in [7, 11) is 0. The summed E-state index contributed by atoms with van der Waals surface area (Å²) in [5.41, 5.74) is -2.36. The van der Waals surface area contributed by atoms with Crippen LogP contribution in [-0.4, -0.2) is 52.5 Å². The first-order chi connectivity index (χ1) is 9.03. The fraction of sp³-hybridized carbons (Fsp3) is 0.833. The van der Waals surface area contributed by atoms with Crippen LogP contribution in [0.15, 0.2) is 10.2 Å². The molecule has 0 bridgehead atoms. The number of rotatable bonds is 7. The number of carbonyl (C=O) groups excluding carboxylic acids is 2. The summed E-state index contributed by atoms with van der Waals surface area (Å²) in [6.07, 6.45) is -0.988. The van der Waals surface area contributed by atoms with E-state index in [-0.39, 0.29) is 13.2 Å². The molecule has 0 aliphatic carbocycles. The fourth-order valence-electron chi connectivity index (χ4n) is 1.09. The Hall–Kier alpha value is -1.54. The number of hydrogen-bond acceptors (Lipinski definition) is 6. The van der Waals surface area contributed by atoms with Crippen molar-refractivity contribution in [2.45, 2.75) is 51.9 Å². The lowest BCUT2D eigenvalue weighted by atomic mass is 10.0. The molecule has 0 aliphatic heterocycles. The van der Waals surface area contributed by atoms with Gasteiger partial charge >= 0.3 is 0 Å². The average Bonchev–Trinajstić information content (AvgIpc) is 2.32. The molecule has 0 saturated heterocycles. The van der Waals surface area contributed by atoms with Gasteiger partial charge in [-0.25, -0.2) is 0 Å². The molecule has 0 aromatic heterocycles. The summed E-state index contributed by atoms with van der Waals surface area (Å²) < 4.78 is 0. The monoisotopic (exact) mass is 288 g/mol. The van der Waals surface area contributed by atoms with E-state index in [0.717, 1.165) is 0 Å². The van der Waals surface area contributed by atoms with Gasteiger partial charge in [-0.15, -0.1) is 0 Å². The largest absolute Gasteiger partial charge is 0.395 e. The normalized spacial score (nSPS) is 14.2. The van der Waals surface area contributed by atoms with E-state index in [2.05, 4.69) is 20.9 Å². The maximum absolute atomic E-state index is 11.8. The zero-order chi connectivity index (χ0) is 16.0. The Labute approximate surface area is 118 Å². The molecule has 0 aromatic carbocycles. The summed E-state index contributed by atoms with van der Waals surface area (Å²) in [5, 5.41) is 30.3. The Balaban J connectivity index is 4.81. The standard InChI is InChI=1S/C12H24N4O4/c1-8(18)14-10(20)12(4,5)16-15-11(2,3)9(19)13-6-7-17/h8,17-18H,6-7H2,1-5H3,(H,13,19)(H,14,20). The highest BCUT2D eigenvalue weighted by Gasteiger charge is 2.32. The molecule has 0 saturated carbocycles. The third-order valence-corrected chi connectivity index (χ3v) is 2.40. The minimum Gasteiger partial charge on any atom is -0.395 e. The first-order valence-electron chi connectivity index (χ1n) is 6.35. The molecule has 0 spiro atoms. The molecule has 8 nitrogen and oxygen atoms in total. The van der Waals surface area contributed by atoms with Gasteiger partial charge in [-0.05, 0) is 34.6 Å². The van der Waals surface area contributed by atoms with E-state index in [1.807, 2.05) is 0 Å². The van der Waals surface area contributed by atoms with Crippen molar-refractivity contribution in [2.24, 2.45) is 10.2 Å². The summed E-state index contributed by atoms with van der Waals surface area (Å²) in [5.74, 6) is -0.898. The quantitative estimate of drug-likeness (QED) is 0.374. The number of aliphatic hydroxyl groups excluding tert-OH is 2. The summed E-state index contributed by atoms with van der Waals surface area (Å²) in [4.78, 5) is 23.5. The molecular weight excluding hydrogens is 264 g/mol. The molecule has 1 unspecified atom stereocenters. The first kappa shape index (κ1) is 18.5. The van der Waals surface area contributed by atoms with Crippen molar-refractivity contribution < 1.29 is 19.8 Å². The number of hydrogen-bond donors (Lipinski definition) is 4. The summed E-state index contributed by atoms with van der Waals surface area (Å²) in [6, 6.07) is 0. The van der Waals surface area contributed by atoms with Crippen LogP contribution in [0.25, 0.3) is 0 Å². The second-order valence-electron chi connectivity index (χ2n) is 5.45. The van der Waals surface area contributed by atoms with Crippen LogP contribution in [-0.2, 0) is 9.59 Å². The highest BCUT2D eigenvalue weighted by molar-refractivity contribution is 5.86. The van der Waals surface area contributed by atoms with Gasteiger partial charge in [0.2, 0.25) is 5.91 Å². The van der Waals surface area contributed by atoms with E-state index >= 15 is 0 Å². The Morgan fingerprint density at radius 2 is 1.55 bits per heavy atom.